The maximum Gasteiger partial charge on any atom is 0.433 e. The Morgan fingerprint density at radius 3 is 2.62 bits per heavy atom. The van der Waals surface area contributed by atoms with E-state index in [0.29, 0.717) is 37.5 Å². The number of alkyl halides is 3. The Morgan fingerprint density at radius 2 is 1.96 bits per heavy atom. The monoisotopic (exact) mass is 366 g/mol. The van der Waals surface area contributed by atoms with Crippen LogP contribution in [0.3, 0.4) is 0 Å². The largest absolute Gasteiger partial charge is 0.490 e. The smallest absolute Gasteiger partial charge is 0.433 e. The van der Waals surface area contributed by atoms with E-state index in [4.69, 9.17) is 10.5 Å². The maximum absolute atomic E-state index is 12.8. The average Bonchev–Trinajstić information content (AvgIpc) is 2.62. The molecule has 0 radical (unpaired) electrons. The minimum Gasteiger partial charge on any atom is -0.490 e. The summed E-state index contributed by atoms with van der Waals surface area (Å²) in [5.41, 5.74) is 4.41. The highest BCUT2D eigenvalue weighted by molar-refractivity contribution is 5.91. The number of nitrogens with zero attached hydrogens (tertiary/aromatic N) is 3. The number of anilines is 1. The van der Waals surface area contributed by atoms with E-state index >= 15 is 0 Å². The van der Waals surface area contributed by atoms with Crippen molar-refractivity contribution in [2.45, 2.75) is 25.1 Å². The van der Waals surface area contributed by atoms with Crippen molar-refractivity contribution in [1.82, 2.24) is 9.97 Å². The van der Waals surface area contributed by atoms with Crippen LogP contribution in [-0.4, -0.2) is 35.1 Å². The second-order valence-electron chi connectivity index (χ2n) is 5.92. The Hall–Kier alpha value is -2.84. The number of carbonyl (C=O) groups is 1. The van der Waals surface area contributed by atoms with Gasteiger partial charge in [0.1, 0.15) is 29.1 Å². The van der Waals surface area contributed by atoms with E-state index in [2.05, 4.69) is 9.97 Å². The van der Waals surface area contributed by atoms with Gasteiger partial charge in [-0.15, -0.1) is 0 Å². The van der Waals surface area contributed by atoms with Crippen molar-refractivity contribution in [3.63, 3.8) is 0 Å². The van der Waals surface area contributed by atoms with Crippen LogP contribution in [0.5, 0.6) is 5.75 Å². The molecule has 26 heavy (non-hydrogen) atoms. The molecule has 0 atom stereocenters. The van der Waals surface area contributed by atoms with Gasteiger partial charge in [0, 0.05) is 38.2 Å². The first-order chi connectivity index (χ1) is 12.3. The lowest BCUT2D eigenvalue weighted by Crippen LogP contribution is -2.39. The van der Waals surface area contributed by atoms with Gasteiger partial charge in [-0.05, 0) is 18.2 Å². The van der Waals surface area contributed by atoms with E-state index in [0.717, 1.165) is 6.07 Å². The lowest BCUT2D eigenvalue weighted by molar-refractivity contribution is -0.141. The molecule has 1 amide bonds. The molecule has 1 aliphatic rings. The molecule has 0 aliphatic carbocycles. The summed E-state index contributed by atoms with van der Waals surface area (Å²) in [5.74, 6) is 0.156. The summed E-state index contributed by atoms with van der Waals surface area (Å²) in [5, 5.41) is 0. The second-order valence-corrected chi connectivity index (χ2v) is 5.92. The molecule has 1 saturated heterocycles. The third kappa shape index (κ3) is 4.22. The fourth-order valence-electron chi connectivity index (χ4n) is 2.77. The zero-order valence-electron chi connectivity index (χ0n) is 13.7. The van der Waals surface area contributed by atoms with Crippen molar-refractivity contribution in [1.29, 1.82) is 0 Å². The molecular weight excluding hydrogens is 349 g/mol. The number of piperidine rings is 1. The van der Waals surface area contributed by atoms with Gasteiger partial charge in [0.2, 0.25) is 0 Å². The Bertz CT molecular complexity index is 790. The van der Waals surface area contributed by atoms with Gasteiger partial charge in [-0.1, -0.05) is 6.07 Å². The van der Waals surface area contributed by atoms with E-state index in [-0.39, 0.29) is 11.8 Å². The van der Waals surface area contributed by atoms with Gasteiger partial charge in [0.05, 0.1) is 0 Å². The van der Waals surface area contributed by atoms with Crippen molar-refractivity contribution in [2.24, 2.45) is 5.73 Å². The standard InChI is InChI=1S/C17H17F3N4O2/c18-17(19,20)14-2-1-3-15(23-14)24-8-5-11(6-9-24)26-12-4-7-22-13(10-12)16(21)25/h1-4,7,10-11H,5-6,8-9H2,(H2,21,25). The summed E-state index contributed by atoms with van der Waals surface area (Å²) in [4.78, 5) is 20.5. The van der Waals surface area contributed by atoms with E-state index in [9.17, 15) is 18.0 Å². The van der Waals surface area contributed by atoms with Gasteiger partial charge < -0.3 is 15.4 Å². The summed E-state index contributed by atoms with van der Waals surface area (Å²) in [6.45, 7) is 1.04. The number of nitrogens with two attached hydrogens (primary N) is 1. The highest BCUT2D eigenvalue weighted by Crippen LogP contribution is 2.30. The van der Waals surface area contributed by atoms with Gasteiger partial charge in [-0.2, -0.15) is 13.2 Å². The summed E-state index contributed by atoms with van der Waals surface area (Å²) >= 11 is 0. The van der Waals surface area contributed by atoms with Crippen LogP contribution in [0.1, 0.15) is 29.0 Å². The number of rotatable bonds is 4. The van der Waals surface area contributed by atoms with Crippen LogP contribution in [0.15, 0.2) is 36.5 Å². The zero-order valence-corrected chi connectivity index (χ0v) is 13.7. The number of aromatic nitrogens is 2. The predicted octanol–water partition coefficient (Wildman–Crippen LogP) is 2.64. The van der Waals surface area contributed by atoms with Crippen molar-refractivity contribution in [2.75, 3.05) is 18.0 Å². The van der Waals surface area contributed by atoms with Crippen LogP contribution in [0.2, 0.25) is 0 Å². The van der Waals surface area contributed by atoms with Crippen molar-refractivity contribution >= 4 is 11.7 Å². The Balaban J connectivity index is 1.61. The lowest BCUT2D eigenvalue weighted by atomic mass is 10.1. The van der Waals surface area contributed by atoms with Crippen LogP contribution in [0.25, 0.3) is 0 Å². The molecule has 2 aromatic rings. The predicted molar refractivity (Wildman–Crippen MR) is 87.9 cm³/mol. The molecule has 2 aromatic heterocycles. The summed E-state index contributed by atoms with van der Waals surface area (Å²) < 4.78 is 44.2. The number of hydrogen-bond donors (Lipinski definition) is 1. The zero-order chi connectivity index (χ0) is 18.7. The molecule has 3 heterocycles. The molecule has 6 nitrogen and oxygen atoms in total. The number of pyridine rings is 2. The third-order valence-corrected chi connectivity index (χ3v) is 4.08. The highest BCUT2D eigenvalue weighted by Gasteiger charge is 2.33. The van der Waals surface area contributed by atoms with Gasteiger partial charge in [0.15, 0.2) is 0 Å². The number of carbonyl (C=O) groups excluding carboxylic acids is 1. The molecule has 0 spiro atoms. The average molecular weight is 366 g/mol. The second kappa shape index (κ2) is 7.19. The fraction of sp³-hybridized carbons (Fsp3) is 0.353. The van der Waals surface area contributed by atoms with Crippen molar-refractivity contribution in [3.8, 4) is 5.75 Å². The molecule has 138 valence electrons. The molecule has 1 aliphatic heterocycles. The summed E-state index contributed by atoms with van der Waals surface area (Å²) in [6.07, 6.45) is -1.90. The molecule has 3 rings (SSSR count). The van der Waals surface area contributed by atoms with E-state index in [1.807, 2.05) is 0 Å². The Kier molecular flexibility index (Phi) is 4.97. The number of amides is 1. The van der Waals surface area contributed by atoms with E-state index < -0.39 is 17.8 Å². The van der Waals surface area contributed by atoms with Crippen LogP contribution in [0.4, 0.5) is 19.0 Å². The van der Waals surface area contributed by atoms with Gasteiger partial charge >= 0.3 is 6.18 Å². The first-order valence-electron chi connectivity index (χ1n) is 8.04. The quantitative estimate of drug-likeness (QED) is 0.900. The Labute approximate surface area is 147 Å². The van der Waals surface area contributed by atoms with Crippen LogP contribution in [-0.2, 0) is 6.18 Å². The SMILES string of the molecule is NC(=O)c1cc(OC2CCN(c3cccc(C(F)(F)F)n3)CC2)ccn1. The summed E-state index contributed by atoms with van der Waals surface area (Å²) in [6, 6.07) is 6.99. The summed E-state index contributed by atoms with van der Waals surface area (Å²) in [7, 11) is 0. The molecule has 9 heteroatoms. The first-order valence-corrected chi connectivity index (χ1v) is 8.04. The molecule has 2 N–H and O–H groups in total. The molecule has 0 aromatic carbocycles. The molecule has 1 fully saturated rings. The Morgan fingerprint density at radius 1 is 1.23 bits per heavy atom. The maximum atomic E-state index is 12.8. The normalized spacial score (nSPS) is 15.7. The van der Waals surface area contributed by atoms with Gasteiger partial charge in [0.25, 0.3) is 5.91 Å². The fourth-order valence-corrected chi connectivity index (χ4v) is 2.77. The number of hydrogen-bond acceptors (Lipinski definition) is 5. The first kappa shape index (κ1) is 18.0. The molecule has 0 bridgehead atoms. The number of ether oxygens (including phenoxy) is 1. The van der Waals surface area contributed by atoms with Gasteiger partial charge in [-0.25, -0.2) is 4.98 Å². The van der Waals surface area contributed by atoms with Crippen LogP contribution >= 0.6 is 0 Å². The third-order valence-electron chi connectivity index (χ3n) is 4.08. The minimum atomic E-state index is -4.46. The van der Waals surface area contributed by atoms with E-state index in [1.165, 1.54) is 18.3 Å². The van der Waals surface area contributed by atoms with Crippen LogP contribution in [0, 0.1) is 0 Å². The molecule has 0 unspecified atom stereocenters. The topological polar surface area (TPSA) is 81.3 Å². The van der Waals surface area contributed by atoms with Gasteiger partial charge in [-0.3, -0.25) is 9.78 Å². The molecular formula is C17H17F3N4O2. The lowest BCUT2D eigenvalue weighted by Gasteiger charge is -2.33. The molecule has 0 saturated carbocycles. The van der Waals surface area contributed by atoms with E-state index in [1.54, 1.807) is 17.0 Å². The highest BCUT2D eigenvalue weighted by atomic mass is 19.4. The minimum absolute atomic E-state index is 0.111. The number of primary amides is 1. The number of halogens is 3. The van der Waals surface area contributed by atoms with Crippen molar-refractivity contribution in [3.05, 3.63) is 47.9 Å². The van der Waals surface area contributed by atoms with Crippen molar-refractivity contribution < 1.29 is 22.7 Å². The van der Waals surface area contributed by atoms with Crippen LogP contribution < -0.4 is 15.4 Å².